The third-order valence-corrected chi connectivity index (χ3v) is 2.81. The number of anilines is 1. The molecule has 0 spiro atoms. The van der Waals surface area contributed by atoms with Gasteiger partial charge < -0.3 is 15.8 Å². The zero-order chi connectivity index (χ0) is 13.9. The molecule has 0 saturated carbocycles. The number of aromatic amines is 1. The van der Waals surface area contributed by atoms with Gasteiger partial charge in [0.2, 0.25) is 5.95 Å². The van der Waals surface area contributed by atoms with E-state index >= 15 is 0 Å². The van der Waals surface area contributed by atoms with E-state index in [0.717, 1.165) is 22.2 Å². The number of fused-ring (bicyclic) bond motifs is 1. The van der Waals surface area contributed by atoms with Crippen LogP contribution in [-0.4, -0.2) is 31.6 Å². The molecule has 0 aliphatic heterocycles. The number of hydrogen-bond donors (Lipinski definition) is 3. The van der Waals surface area contributed by atoms with Crippen LogP contribution in [0.1, 0.15) is 5.69 Å². The number of aliphatic hydroxyl groups excluding tert-OH is 1. The molecule has 3 rings (SSSR count). The smallest absolute Gasteiger partial charge is 0.220 e. The molecular formula is C14H11N5O. The molecule has 3 aromatic heterocycles. The quantitative estimate of drug-likeness (QED) is 0.569. The lowest BCUT2D eigenvalue weighted by atomic mass is 10.1. The maximum absolute atomic E-state index is 8.73. The van der Waals surface area contributed by atoms with Crippen molar-refractivity contribution in [1.29, 1.82) is 0 Å². The molecule has 20 heavy (non-hydrogen) atoms. The predicted molar refractivity (Wildman–Crippen MR) is 75.5 cm³/mol. The largest absolute Gasteiger partial charge is 0.384 e. The molecule has 0 radical (unpaired) electrons. The van der Waals surface area contributed by atoms with Crippen molar-refractivity contribution in [3.05, 3.63) is 36.4 Å². The number of H-pyrrole nitrogens is 1. The number of nitrogens with two attached hydrogens (primary N) is 1. The molecule has 0 saturated heterocycles. The number of pyridine rings is 1. The molecule has 0 aliphatic rings. The summed E-state index contributed by atoms with van der Waals surface area (Å²) >= 11 is 0. The highest BCUT2D eigenvalue weighted by Gasteiger charge is 2.08. The maximum atomic E-state index is 8.73. The highest BCUT2D eigenvalue weighted by molar-refractivity contribution is 5.94. The van der Waals surface area contributed by atoms with Gasteiger partial charge >= 0.3 is 0 Å². The van der Waals surface area contributed by atoms with Crippen molar-refractivity contribution in [3.63, 3.8) is 0 Å². The second kappa shape index (κ2) is 4.99. The van der Waals surface area contributed by atoms with Crippen molar-refractivity contribution in [2.24, 2.45) is 0 Å². The fourth-order valence-electron chi connectivity index (χ4n) is 1.96. The summed E-state index contributed by atoms with van der Waals surface area (Å²) in [5.74, 6) is 5.59. The van der Waals surface area contributed by atoms with Crippen molar-refractivity contribution in [3.8, 4) is 23.1 Å². The van der Waals surface area contributed by atoms with Crippen molar-refractivity contribution in [2.45, 2.75) is 0 Å². The Balaban J connectivity index is 2.16. The monoisotopic (exact) mass is 265 g/mol. The molecule has 0 aromatic carbocycles. The first-order chi connectivity index (χ1) is 9.78. The molecule has 6 heteroatoms. The average Bonchev–Trinajstić information content (AvgIpc) is 2.88. The summed E-state index contributed by atoms with van der Waals surface area (Å²) in [7, 11) is 0. The molecule has 0 amide bonds. The van der Waals surface area contributed by atoms with Crippen LogP contribution in [0.3, 0.4) is 0 Å². The van der Waals surface area contributed by atoms with E-state index in [0.29, 0.717) is 5.69 Å². The predicted octanol–water partition coefficient (Wildman–Crippen LogP) is 0.946. The lowest BCUT2D eigenvalue weighted by Crippen LogP contribution is -1.94. The van der Waals surface area contributed by atoms with Crippen molar-refractivity contribution in [2.75, 3.05) is 12.3 Å². The summed E-state index contributed by atoms with van der Waals surface area (Å²) in [4.78, 5) is 15.4. The van der Waals surface area contributed by atoms with Crippen molar-refractivity contribution in [1.82, 2.24) is 19.9 Å². The van der Waals surface area contributed by atoms with E-state index in [2.05, 4.69) is 31.8 Å². The van der Waals surface area contributed by atoms with Crippen LogP contribution in [-0.2, 0) is 0 Å². The molecular weight excluding hydrogens is 254 g/mol. The maximum Gasteiger partial charge on any atom is 0.220 e. The molecule has 6 nitrogen and oxygen atoms in total. The number of aliphatic hydroxyl groups is 1. The third-order valence-electron chi connectivity index (χ3n) is 2.81. The van der Waals surface area contributed by atoms with E-state index in [1.807, 2.05) is 12.3 Å². The Labute approximate surface area is 114 Å². The highest BCUT2D eigenvalue weighted by atomic mass is 16.2. The highest BCUT2D eigenvalue weighted by Crippen LogP contribution is 2.27. The summed E-state index contributed by atoms with van der Waals surface area (Å²) in [6, 6.07) is 3.64. The Morgan fingerprint density at radius 2 is 2.25 bits per heavy atom. The fourth-order valence-corrected chi connectivity index (χ4v) is 1.96. The van der Waals surface area contributed by atoms with Crippen LogP contribution in [0, 0.1) is 11.8 Å². The number of nitrogen functional groups attached to an aromatic ring is 1. The number of nitrogens with zero attached hydrogens (tertiary/aromatic N) is 3. The van der Waals surface area contributed by atoms with Crippen LogP contribution in [0.15, 0.2) is 30.7 Å². The number of nitrogens with one attached hydrogen (secondary N) is 1. The minimum absolute atomic E-state index is 0.192. The first kappa shape index (κ1) is 12.1. The summed E-state index contributed by atoms with van der Waals surface area (Å²) in [6.07, 6.45) is 5.16. The van der Waals surface area contributed by atoms with E-state index in [9.17, 15) is 0 Å². The second-order valence-electron chi connectivity index (χ2n) is 4.08. The van der Waals surface area contributed by atoms with Crippen LogP contribution in [0.2, 0.25) is 0 Å². The van der Waals surface area contributed by atoms with Crippen molar-refractivity contribution >= 4 is 16.9 Å². The Kier molecular flexibility index (Phi) is 3.03. The lowest BCUT2D eigenvalue weighted by molar-refractivity contribution is 0.350. The van der Waals surface area contributed by atoms with E-state index < -0.39 is 0 Å². The Hall–Kier alpha value is -2.91. The van der Waals surface area contributed by atoms with Gasteiger partial charge in [-0.15, -0.1) is 0 Å². The SMILES string of the molecule is Nc1nccc(-c2c[nH]c3cnc(C#CCO)cc23)n1. The van der Waals surface area contributed by atoms with Gasteiger partial charge in [-0.1, -0.05) is 5.92 Å². The second-order valence-corrected chi connectivity index (χ2v) is 4.08. The van der Waals surface area contributed by atoms with Gasteiger partial charge in [0.15, 0.2) is 0 Å². The average molecular weight is 265 g/mol. The molecule has 0 bridgehead atoms. The Morgan fingerprint density at radius 3 is 3.05 bits per heavy atom. The minimum Gasteiger partial charge on any atom is -0.384 e. The van der Waals surface area contributed by atoms with Gasteiger partial charge in [-0.05, 0) is 18.1 Å². The van der Waals surface area contributed by atoms with Gasteiger partial charge in [0.1, 0.15) is 12.3 Å². The Bertz CT molecular complexity index is 828. The van der Waals surface area contributed by atoms with E-state index in [4.69, 9.17) is 10.8 Å². The fraction of sp³-hybridized carbons (Fsp3) is 0.0714. The summed E-state index contributed by atoms with van der Waals surface area (Å²) in [5.41, 5.74) is 8.72. The molecule has 3 aromatic rings. The molecule has 0 unspecified atom stereocenters. The summed E-state index contributed by atoms with van der Waals surface area (Å²) < 4.78 is 0. The molecule has 0 fully saturated rings. The van der Waals surface area contributed by atoms with Crippen LogP contribution >= 0.6 is 0 Å². The molecule has 4 N–H and O–H groups in total. The van der Waals surface area contributed by atoms with Crippen LogP contribution in [0.5, 0.6) is 0 Å². The molecule has 3 heterocycles. The van der Waals surface area contributed by atoms with Gasteiger partial charge in [-0.25, -0.2) is 15.0 Å². The van der Waals surface area contributed by atoms with Gasteiger partial charge in [-0.2, -0.15) is 0 Å². The zero-order valence-electron chi connectivity index (χ0n) is 10.5. The summed E-state index contributed by atoms with van der Waals surface area (Å²) in [5, 5.41) is 9.67. The van der Waals surface area contributed by atoms with Gasteiger partial charge in [0.25, 0.3) is 0 Å². The topological polar surface area (TPSA) is 101 Å². The number of rotatable bonds is 1. The van der Waals surface area contributed by atoms with E-state index in [-0.39, 0.29) is 12.6 Å². The standard InChI is InChI=1S/C14H11N5O/c15-14-16-4-3-12(19-14)11-7-18-13-8-17-9(2-1-5-20)6-10(11)13/h3-4,6-8,18,20H,5H2,(H2,15,16,19). The number of hydrogen-bond acceptors (Lipinski definition) is 5. The van der Waals surface area contributed by atoms with Crippen LogP contribution < -0.4 is 5.73 Å². The first-order valence-electron chi connectivity index (χ1n) is 5.93. The summed E-state index contributed by atoms with van der Waals surface area (Å²) in [6.45, 7) is -0.192. The first-order valence-corrected chi connectivity index (χ1v) is 5.93. The van der Waals surface area contributed by atoms with Crippen molar-refractivity contribution < 1.29 is 5.11 Å². The number of aromatic nitrogens is 4. The minimum atomic E-state index is -0.192. The third kappa shape index (κ3) is 2.18. The van der Waals surface area contributed by atoms with E-state index in [1.165, 1.54) is 0 Å². The molecule has 0 aliphatic carbocycles. The zero-order valence-corrected chi connectivity index (χ0v) is 10.5. The van der Waals surface area contributed by atoms with Gasteiger partial charge in [-0.3, -0.25) is 0 Å². The normalized spacial score (nSPS) is 10.2. The lowest BCUT2D eigenvalue weighted by Gasteiger charge is -1.99. The van der Waals surface area contributed by atoms with Gasteiger partial charge in [0, 0.05) is 23.3 Å². The van der Waals surface area contributed by atoms with Gasteiger partial charge in [0.05, 0.1) is 17.4 Å². The molecule has 98 valence electrons. The van der Waals surface area contributed by atoms with Crippen LogP contribution in [0.25, 0.3) is 22.2 Å². The molecule has 0 atom stereocenters. The Morgan fingerprint density at radius 1 is 1.35 bits per heavy atom. The van der Waals surface area contributed by atoms with Crippen LogP contribution in [0.4, 0.5) is 5.95 Å². The van der Waals surface area contributed by atoms with E-state index in [1.54, 1.807) is 18.5 Å².